The lowest BCUT2D eigenvalue weighted by Crippen LogP contribution is -2.18. The zero-order valence-corrected chi connectivity index (χ0v) is 17.8. The molecule has 0 amide bonds. The van der Waals surface area contributed by atoms with Crippen molar-refractivity contribution >= 4 is 11.7 Å². The van der Waals surface area contributed by atoms with Gasteiger partial charge in [0, 0.05) is 12.1 Å². The largest absolute Gasteiger partial charge is 0.490 e. The van der Waals surface area contributed by atoms with Gasteiger partial charge in [-0.25, -0.2) is 4.79 Å². The number of aryl methyl sites for hydroxylation is 2. The molecule has 0 saturated carbocycles. The minimum atomic E-state index is -0.534. The van der Waals surface area contributed by atoms with Crippen LogP contribution in [-0.4, -0.2) is 30.7 Å². The lowest BCUT2D eigenvalue weighted by Gasteiger charge is -2.10. The molecule has 0 aliphatic heterocycles. The van der Waals surface area contributed by atoms with Crippen molar-refractivity contribution in [1.82, 2.24) is 0 Å². The molecule has 0 saturated heterocycles. The average molecular weight is 437 g/mol. The monoisotopic (exact) mass is 437 g/mol. The molecular weight excluding hydrogens is 414 g/mol. The van der Waals surface area contributed by atoms with Crippen LogP contribution in [0.4, 0.5) is 5.69 Å². The maximum Gasteiger partial charge on any atom is 0.344 e. The summed E-state index contributed by atoms with van der Waals surface area (Å²) in [7, 11) is 0. The Balaban J connectivity index is 1.36. The molecule has 0 bridgehead atoms. The van der Waals surface area contributed by atoms with Gasteiger partial charge in [-0.15, -0.1) is 0 Å². The minimum Gasteiger partial charge on any atom is -0.490 e. The topological polar surface area (TPSA) is 97.1 Å². The number of carbonyl (C=O) groups excluding carboxylic acids is 1. The maximum atomic E-state index is 11.8. The van der Waals surface area contributed by atoms with Crippen molar-refractivity contribution in [3.05, 3.63) is 88.0 Å². The minimum absolute atomic E-state index is 0.0224. The summed E-state index contributed by atoms with van der Waals surface area (Å²) in [5.74, 6) is 1.85. The Labute approximate surface area is 185 Å². The summed E-state index contributed by atoms with van der Waals surface area (Å²) in [6, 6.07) is 18.6. The molecule has 0 heterocycles. The molecule has 166 valence electrons. The number of nitro benzene ring substituents is 1. The van der Waals surface area contributed by atoms with E-state index in [0.29, 0.717) is 17.2 Å². The molecule has 0 spiro atoms. The third kappa shape index (κ3) is 7.02. The number of esters is 1. The summed E-state index contributed by atoms with van der Waals surface area (Å²) in [5.41, 5.74) is 2.22. The number of hydrogen-bond acceptors (Lipinski definition) is 7. The number of benzene rings is 3. The number of carbonyl (C=O) groups is 1. The lowest BCUT2D eigenvalue weighted by atomic mass is 10.1. The van der Waals surface area contributed by atoms with E-state index in [1.54, 1.807) is 24.3 Å². The summed E-state index contributed by atoms with van der Waals surface area (Å²) in [6.45, 7) is 3.93. The summed E-state index contributed by atoms with van der Waals surface area (Å²) < 4.78 is 21.7. The highest BCUT2D eigenvalue weighted by Gasteiger charge is 2.07. The summed E-state index contributed by atoms with van der Waals surface area (Å²) in [5, 5.41) is 10.6. The predicted octanol–water partition coefficient (Wildman–Crippen LogP) is 5.00. The molecule has 0 unspecified atom stereocenters. The molecule has 8 nitrogen and oxygen atoms in total. The number of rotatable bonds is 10. The van der Waals surface area contributed by atoms with E-state index in [4.69, 9.17) is 18.9 Å². The standard InChI is InChI=1S/C24H23NO7/c1-17-13-18(2)15-23(14-17)32-22-9-7-21(8-10-22)31-16-24(26)30-12-11-29-20-5-3-19(4-6-20)25(27)28/h3-10,13-15H,11-12,16H2,1-2H3. The van der Waals surface area contributed by atoms with E-state index in [1.807, 2.05) is 26.0 Å². The Kier molecular flexibility index (Phi) is 7.64. The normalized spacial score (nSPS) is 10.3. The molecular formula is C24H23NO7. The molecule has 0 aliphatic carbocycles. The Bertz CT molecular complexity index is 1040. The van der Waals surface area contributed by atoms with Gasteiger partial charge in [0.15, 0.2) is 6.61 Å². The molecule has 8 heteroatoms. The van der Waals surface area contributed by atoms with Crippen molar-refractivity contribution in [2.24, 2.45) is 0 Å². The van der Waals surface area contributed by atoms with E-state index in [1.165, 1.54) is 24.3 Å². The van der Waals surface area contributed by atoms with Gasteiger partial charge in [-0.3, -0.25) is 10.1 Å². The van der Waals surface area contributed by atoms with Crippen molar-refractivity contribution < 1.29 is 28.7 Å². The van der Waals surface area contributed by atoms with Crippen LogP contribution in [0.25, 0.3) is 0 Å². The first kappa shape index (κ1) is 22.6. The first-order valence-electron chi connectivity index (χ1n) is 9.91. The molecule has 0 radical (unpaired) electrons. The van der Waals surface area contributed by atoms with Gasteiger partial charge in [-0.2, -0.15) is 0 Å². The Morgan fingerprint density at radius 3 is 1.97 bits per heavy atom. The Hall–Kier alpha value is -4.07. The molecule has 0 aliphatic rings. The van der Waals surface area contributed by atoms with Gasteiger partial charge in [0.25, 0.3) is 5.69 Å². The Morgan fingerprint density at radius 1 is 0.781 bits per heavy atom. The van der Waals surface area contributed by atoms with Crippen molar-refractivity contribution in [2.45, 2.75) is 13.8 Å². The second-order valence-electron chi connectivity index (χ2n) is 7.01. The second kappa shape index (κ2) is 10.8. The number of ether oxygens (including phenoxy) is 4. The van der Waals surface area contributed by atoms with Crippen molar-refractivity contribution in [3.63, 3.8) is 0 Å². The molecule has 32 heavy (non-hydrogen) atoms. The summed E-state index contributed by atoms with van der Waals surface area (Å²) >= 11 is 0. The molecule has 3 rings (SSSR count). The van der Waals surface area contributed by atoms with Crippen LogP contribution in [0.1, 0.15) is 11.1 Å². The SMILES string of the molecule is Cc1cc(C)cc(Oc2ccc(OCC(=O)OCCOc3ccc([N+](=O)[O-])cc3)cc2)c1. The van der Waals surface area contributed by atoms with Gasteiger partial charge in [0.05, 0.1) is 4.92 Å². The van der Waals surface area contributed by atoms with Crippen LogP contribution in [0.15, 0.2) is 66.7 Å². The third-order valence-corrected chi connectivity index (χ3v) is 4.27. The molecule has 0 atom stereocenters. The van der Waals surface area contributed by atoms with Crippen LogP contribution < -0.4 is 14.2 Å². The summed E-state index contributed by atoms with van der Waals surface area (Å²) in [4.78, 5) is 21.9. The van der Waals surface area contributed by atoms with Crippen LogP contribution >= 0.6 is 0 Å². The zero-order valence-electron chi connectivity index (χ0n) is 17.8. The van der Waals surface area contributed by atoms with Gasteiger partial charge >= 0.3 is 5.97 Å². The highest BCUT2D eigenvalue weighted by Crippen LogP contribution is 2.25. The van der Waals surface area contributed by atoms with Gasteiger partial charge in [0.1, 0.15) is 36.2 Å². The average Bonchev–Trinajstić information content (AvgIpc) is 2.76. The number of nitrogens with zero attached hydrogens (tertiary/aromatic N) is 1. The first-order chi connectivity index (χ1) is 15.4. The fraction of sp³-hybridized carbons (Fsp3) is 0.208. The van der Waals surface area contributed by atoms with Crippen LogP contribution in [0.2, 0.25) is 0 Å². The molecule has 0 N–H and O–H groups in total. The van der Waals surface area contributed by atoms with Gasteiger partial charge < -0.3 is 18.9 Å². The zero-order chi connectivity index (χ0) is 22.9. The second-order valence-corrected chi connectivity index (χ2v) is 7.01. The lowest BCUT2D eigenvalue weighted by molar-refractivity contribution is -0.384. The van der Waals surface area contributed by atoms with Crippen molar-refractivity contribution in [1.29, 1.82) is 0 Å². The number of hydrogen-bond donors (Lipinski definition) is 0. The summed E-state index contributed by atoms with van der Waals surface area (Å²) in [6.07, 6.45) is 0. The van der Waals surface area contributed by atoms with Gasteiger partial charge in [-0.05, 0) is 73.5 Å². The van der Waals surface area contributed by atoms with Crippen LogP contribution in [0, 0.1) is 24.0 Å². The molecule has 0 aromatic heterocycles. The van der Waals surface area contributed by atoms with E-state index in [9.17, 15) is 14.9 Å². The Morgan fingerprint density at radius 2 is 1.34 bits per heavy atom. The highest BCUT2D eigenvalue weighted by atomic mass is 16.6. The third-order valence-electron chi connectivity index (χ3n) is 4.27. The molecule has 0 fully saturated rings. The van der Waals surface area contributed by atoms with Crippen molar-refractivity contribution in [2.75, 3.05) is 19.8 Å². The van der Waals surface area contributed by atoms with E-state index >= 15 is 0 Å². The van der Waals surface area contributed by atoms with Gasteiger partial charge in [-0.1, -0.05) is 6.07 Å². The highest BCUT2D eigenvalue weighted by molar-refractivity contribution is 5.71. The van der Waals surface area contributed by atoms with Gasteiger partial charge in [0.2, 0.25) is 0 Å². The first-order valence-corrected chi connectivity index (χ1v) is 9.91. The smallest absolute Gasteiger partial charge is 0.344 e. The van der Waals surface area contributed by atoms with E-state index in [-0.39, 0.29) is 25.5 Å². The predicted molar refractivity (Wildman–Crippen MR) is 117 cm³/mol. The van der Waals surface area contributed by atoms with Crippen LogP contribution in [0.5, 0.6) is 23.0 Å². The fourth-order valence-electron chi connectivity index (χ4n) is 2.89. The molecule has 3 aromatic carbocycles. The number of nitro groups is 1. The van der Waals surface area contributed by atoms with Crippen LogP contribution in [-0.2, 0) is 9.53 Å². The quantitative estimate of drug-likeness (QED) is 0.190. The van der Waals surface area contributed by atoms with E-state index in [0.717, 1.165) is 16.9 Å². The number of non-ortho nitro benzene ring substituents is 1. The van der Waals surface area contributed by atoms with Crippen molar-refractivity contribution in [3.8, 4) is 23.0 Å². The fourth-order valence-corrected chi connectivity index (χ4v) is 2.89. The maximum absolute atomic E-state index is 11.8. The van der Waals surface area contributed by atoms with E-state index in [2.05, 4.69) is 6.07 Å². The van der Waals surface area contributed by atoms with E-state index < -0.39 is 10.9 Å². The molecule has 3 aromatic rings. The van der Waals surface area contributed by atoms with Crippen LogP contribution in [0.3, 0.4) is 0 Å².